The van der Waals surface area contributed by atoms with E-state index in [0.29, 0.717) is 6.54 Å². The van der Waals surface area contributed by atoms with Gasteiger partial charge in [0.15, 0.2) is 0 Å². The number of anilines is 1. The Morgan fingerprint density at radius 1 is 1.44 bits per heavy atom. The summed E-state index contributed by atoms with van der Waals surface area (Å²) in [4.78, 5) is 13.8. The molecule has 2 rings (SSSR count). The fourth-order valence-corrected chi connectivity index (χ4v) is 2.57. The highest BCUT2D eigenvalue weighted by atomic mass is 16.3. The molecule has 4 nitrogen and oxygen atoms in total. The van der Waals surface area contributed by atoms with Gasteiger partial charge in [-0.15, -0.1) is 0 Å². The van der Waals surface area contributed by atoms with Gasteiger partial charge in [-0.05, 0) is 32.4 Å². The van der Waals surface area contributed by atoms with E-state index in [0.717, 1.165) is 11.3 Å². The molecule has 0 aromatic heterocycles. The van der Waals surface area contributed by atoms with Gasteiger partial charge in [0.25, 0.3) is 0 Å². The smallest absolute Gasteiger partial charge is 0.245 e. The van der Waals surface area contributed by atoms with Gasteiger partial charge >= 0.3 is 0 Å². The maximum atomic E-state index is 11.8. The van der Waals surface area contributed by atoms with Crippen LogP contribution in [-0.2, 0) is 4.79 Å². The van der Waals surface area contributed by atoms with Crippen LogP contribution in [-0.4, -0.2) is 36.2 Å². The number of benzene rings is 1. The Hall–Kier alpha value is -1.55. The molecular formula is C14H20N2O2. The maximum absolute atomic E-state index is 11.8. The summed E-state index contributed by atoms with van der Waals surface area (Å²) in [5, 5.41) is 12.3. The summed E-state index contributed by atoms with van der Waals surface area (Å²) >= 11 is 0. The average Bonchev–Trinajstić information content (AvgIpc) is 2.33. The quantitative estimate of drug-likeness (QED) is 0.820. The van der Waals surface area contributed by atoms with Crippen molar-refractivity contribution < 1.29 is 9.90 Å². The van der Waals surface area contributed by atoms with Gasteiger partial charge in [0.2, 0.25) is 5.91 Å². The largest absolute Gasteiger partial charge is 0.394 e. The SMILES string of the molecule is Cc1ccc(N2C(C)CNC(=O)C2CO)c(C)c1. The second-order valence-corrected chi connectivity index (χ2v) is 4.99. The zero-order chi connectivity index (χ0) is 13.3. The lowest BCUT2D eigenvalue weighted by Gasteiger charge is -2.41. The van der Waals surface area contributed by atoms with Crippen molar-refractivity contribution in [3.05, 3.63) is 29.3 Å². The van der Waals surface area contributed by atoms with Crippen molar-refractivity contribution >= 4 is 11.6 Å². The minimum absolute atomic E-state index is 0.101. The Labute approximate surface area is 108 Å². The van der Waals surface area contributed by atoms with E-state index < -0.39 is 6.04 Å². The van der Waals surface area contributed by atoms with E-state index in [-0.39, 0.29) is 18.6 Å². The molecule has 0 aliphatic carbocycles. The van der Waals surface area contributed by atoms with Crippen molar-refractivity contribution in [1.29, 1.82) is 0 Å². The molecule has 1 amide bonds. The lowest BCUT2D eigenvalue weighted by Crippen LogP contribution is -2.61. The summed E-state index contributed by atoms with van der Waals surface area (Å²) < 4.78 is 0. The highest BCUT2D eigenvalue weighted by Gasteiger charge is 2.34. The number of aliphatic hydroxyl groups is 1. The van der Waals surface area contributed by atoms with E-state index >= 15 is 0 Å². The molecule has 0 radical (unpaired) electrons. The number of hydrogen-bond donors (Lipinski definition) is 2. The molecule has 98 valence electrons. The lowest BCUT2D eigenvalue weighted by molar-refractivity contribution is -0.124. The summed E-state index contributed by atoms with van der Waals surface area (Å²) in [6.07, 6.45) is 0. The van der Waals surface area contributed by atoms with Crippen LogP contribution >= 0.6 is 0 Å². The number of amides is 1. The molecule has 4 heteroatoms. The van der Waals surface area contributed by atoms with Crippen molar-refractivity contribution in [3.63, 3.8) is 0 Å². The first-order chi connectivity index (χ1) is 8.54. The molecule has 2 unspecified atom stereocenters. The van der Waals surface area contributed by atoms with Crippen LogP contribution < -0.4 is 10.2 Å². The molecule has 1 fully saturated rings. The van der Waals surface area contributed by atoms with Crippen LogP contribution in [0.25, 0.3) is 0 Å². The van der Waals surface area contributed by atoms with Gasteiger partial charge in [0.1, 0.15) is 6.04 Å². The zero-order valence-corrected chi connectivity index (χ0v) is 11.1. The monoisotopic (exact) mass is 248 g/mol. The summed E-state index contributed by atoms with van der Waals surface area (Å²) in [7, 11) is 0. The van der Waals surface area contributed by atoms with Crippen LogP contribution in [0, 0.1) is 13.8 Å². The van der Waals surface area contributed by atoms with Crippen molar-refractivity contribution in [2.45, 2.75) is 32.9 Å². The number of hydrogen-bond acceptors (Lipinski definition) is 3. The maximum Gasteiger partial charge on any atom is 0.245 e. The molecule has 2 N–H and O–H groups in total. The van der Waals surface area contributed by atoms with E-state index in [1.165, 1.54) is 5.56 Å². The fraction of sp³-hybridized carbons (Fsp3) is 0.500. The van der Waals surface area contributed by atoms with Gasteiger partial charge in [0.05, 0.1) is 6.61 Å². The van der Waals surface area contributed by atoms with Gasteiger partial charge in [0, 0.05) is 18.3 Å². The van der Waals surface area contributed by atoms with Crippen molar-refractivity contribution in [2.24, 2.45) is 0 Å². The molecule has 1 aliphatic heterocycles. The van der Waals surface area contributed by atoms with Crippen LogP contribution in [0.1, 0.15) is 18.1 Å². The number of nitrogens with one attached hydrogen (secondary N) is 1. The van der Waals surface area contributed by atoms with Gasteiger partial charge in [-0.25, -0.2) is 0 Å². The molecule has 1 aromatic rings. The Bertz CT molecular complexity index is 459. The molecule has 0 saturated carbocycles. The number of carbonyl (C=O) groups is 1. The molecule has 1 aromatic carbocycles. The van der Waals surface area contributed by atoms with E-state index in [1.54, 1.807) is 0 Å². The first kappa shape index (κ1) is 12.9. The van der Waals surface area contributed by atoms with Gasteiger partial charge < -0.3 is 15.3 Å². The average molecular weight is 248 g/mol. The standard InChI is InChI=1S/C14H20N2O2/c1-9-4-5-12(10(2)6-9)16-11(3)7-15-14(18)13(16)8-17/h4-6,11,13,17H,7-8H2,1-3H3,(H,15,18). The molecule has 1 saturated heterocycles. The van der Waals surface area contributed by atoms with Gasteiger partial charge in [-0.1, -0.05) is 17.7 Å². The predicted molar refractivity (Wildman–Crippen MR) is 71.7 cm³/mol. The van der Waals surface area contributed by atoms with Crippen LogP contribution in [0.3, 0.4) is 0 Å². The van der Waals surface area contributed by atoms with E-state index in [9.17, 15) is 9.90 Å². The highest BCUT2D eigenvalue weighted by Crippen LogP contribution is 2.26. The molecular weight excluding hydrogens is 228 g/mol. The number of carbonyl (C=O) groups excluding carboxylic acids is 1. The van der Waals surface area contributed by atoms with E-state index in [4.69, 9.17) is 0 Å². The van der Waals surface area contributed by atoms with Crippen molar-refractivity contribution in [3.8, 4) is 0 Å². The lowest BCUT2D eigenvalue weighted by atomic mass is 10.0. The Morgan fingerprint density at radius 2 is 2.17 bits per heavy atom. The summed E-state index contributed by atoms with van der Waals surface area (Å²) in [5.41, 5.74) is 3.36. The molecule has 18 heavy (non-hydrogen) atoms. The van der Waals surface area contributed by atoms with Gasteiger partial charge in [-0.3, -0.25) is 4.79 Å². The summed E-state index contributed by atoms with van der Waals surface area (Å²) in [6, 6.07) is 5.86. The van der Waals surface area contributed by atoms with E-state index in [2.05, 4.69) is 18.3 Å². The second kappa shape index (κ2) is 4.98. The molecule has 2 atom stereocenters. The van der Waals surface area contributed by atoms with Crippen molar-refractivity contribution in [1.82, 2.24) is 5.32 Å². The molecule has 0 bridgehead atoms. The molecule has 1 heterocycles. The number of aryl methyl sites for hydroxylation is 2. The minimum atomic E-state index is -0.491. The number of nitrogens with zero attached hydrogens (tertiary/aromatic N) is 1. The van der Waals surface area contributed by atoms with Crippen LogP contribution in [0.4, 0.5) is 5.69 Å². The topological polar surface area (TPSA) is 52.6 Å². The third-order valence-electron chi connectivity index (χ3n) is 3.49. The van der Waals surface area contributed by atoms with Crippen LogP contribution in [0.2, 0.25) is 0 Å². The van der Waals surface area contributed by atoms with E-state index in [1.807, 2.05) is 30.9 Å². The number of piperazine rings is 1. The summed E-state index contributed by atoms with van der Waals surface area (Å²) in [5.74, 6) is -0.101. The Morgan fingerprint density at radius 3 is 2.78 bits per heavy atom. The van der Waals surface area contributed by atoms with Crippen LogP contribution in [0.5, 0.6) is 0 Å². The second-order valence-electron chi connectivity index (χ2n) is 4.99. The Kier molecular flexibility index (Phi) is 3.57. The zero-order valence-electron chi connectivity index (χ0n) is 11.1. The fourth-order valence-electron chi connectivity index (χ4n) is 2.57. The van der Waals surface area contributed by atoms with Crippen LogP contribution in [0.15, 0.2) is 18.2 Å². The third kappa shape index (κ3) is 2.20. The Balaban J connectivity index is 2.41. The number of aliphatic hydroxyl groups excluding tert-OH is 1. The number of rotatable bonds is 2. The molecule has 0 spiro atoms. The summed E-state index contributed by atoms with van der Waals surface area (Å²) in [6.45, 7) is 6.59. The normalized spacial score (nSPS) is 24.0. The first-order valence-electron chi connectivity index (χ1n) is 6.28. The third-order valence-corrected chi connectivity index (χ3v) is 3.49. The van der Waals surface area contributed by atoms with Crippen molar-refractivity contribution in [2.75, 3.05) is 18.1 Å². The highest BCUT2D eigenvalue weighted by molar-refractivity contribution is 5.87. The van der Waals surface area contributed by atoms with Gasteiger partial charge in [-0.2, -0.15) is 0 Å². The molecule has 1 aliphatic rings. The predicted octanol–water partition coefficient (Wildman–Crippen LogP) is 0.989. The minimum Gasteiger partial charge on any atom is -0.394 e. The first-order valence-corrected chi connectivity index (χ1v) is 6.28.